The summed E-state index contributed by atoms with van der Waals surface area (Å²) in [4.78, 5) is 15.3. The number of rotatable bonds is 7. The summed E-state index contributed by atoms with van der Waals surface area (Å²) in [6.45, 7) is 7.93. The summed E-state index contributed by atoms with van der Waals surface area (Å²) >= 11 is 0. The van der Waals surface area contributed by atoms with Crippen molar-refractivity contribution in [1.29, 1.82) is 0 Å². The van der Waals surface area contributed by atoms with Gasteiger partial charge in [0.2, 0.25) is 5.82 Å². The van der Waals surface area contributed by atoms with Gasteiger partial charge in [0, 0.05) is 17.5 Å². The molecular weight excluding hydrogens is 356 g/mol. The van der Waals surface area contributed by atoms with Crippen molar-refractivity contribution < 1.29 is 19.2 Å². The molecule has 0 saturated carbocycles. The lowest BCUT2D eigenvalue weighted by Gasteiger charge is -2.12. The summed E-state index contributed by atoms with van der Waals surface area (Å²) in [5.74, 6) is 0.997. The summed E-state index contributed by atoms with van der Waals surface area (Å²) < 4.78 is 11.2. The van der Waals surface area contributed by atoms with Crippen LogP contribution in [0.15, 0.2) is 40.9 Å². The van der Waals surface area contributed by atoms with E-state index < -0.39 is 5.97 Å². The molecule has 0 unspecified atom stereocenters. The zero-order valence-electron chi connectivity index (χ0n) is 16.5. The molecule has 1 N–H and O–H groups in total. The highest BCUT2D eigenvalue weighted by Crippen LogP contribution is 2.29. The van der Waals surface area contributed by atoms with Gasteiger partial charge in [-0.1, -0.05) is 23.4 Å². The molecule has 3 aromatic rings. The van der Waals surface area contributed by atoms with Gasteiger partial charge < -0.3 is 14.4 Å². The predicted octanol–water partition coefficient (Wildman–Crippen LogP) is 4.82. The summed E-state index contributed by atoms with van der Waals surface area (Å²) in [6, 6.07) is 11.6. The number of ether oxygens (including phenoxy) is 1. The van der Waals surface area contributed by atoms with Crippen LogP contribution >= 0.6 is 0 Å². The van der Waals surface area contributed by atoms with E-state index in [0.29, 0.717) is 18.1 Å². The standard InChI is InChI=1S/C22H24N2O4/c1-13(2)27-19-9-7-17(12-15(19)4)22-23-21(24-28-22)18-8-5-16(11-14(18)3)6-10-20(25)26/h5,7-9,11-13H,6,10H2,1-4H3,(H,25,26). The maximum Gasteiger partial charge on any atom is 0.303 e. The Morgan fingerprint density at radius 3 is 2.57 bits per heavy atom. The molecule has 146 valence electrons. The van der Waals surface area contributed by atoms with E-state index in [1.54, 1.807) is 0 Å². The van der Waals surface area contributed by atoms with Crippen LogP contribution in [0.25, 0.3) is 22.8 Å². The SMILES string of the molecule is Cc1cc(-c2nc(-c3ccc(CCC(=O)O)cc3C)no2)ccc1OC(C)C. The molecule has 0 fully saturated rings. The minimum Gasteiger partial charge on any atom is -0.491 e. The first-order chi connectivity index (χ1) is 13.3. The van der Waals surface area contributed by atoms with Crippen molar-refractivity contribution in [3.05, 3.63) is 53.1 Å². The summed E-state index contributed by atoms with van der Waals surface area (Å²) in [5.41, 5.74) is 4.66. The minimum absolute atomic E-state index is 0.112. The topological polar surface area (TPSA) is 85.5 Å². The van der Waals surface area contributed by atoms with Crippen LogP contribution in [0.1, 0.15) is 37.0 Å². The van der Waals surface area contributed by atoms with Crippen LogP contribution in [0.3, 0.4) is 0 Å². The largest absolute Gasteiger partial charge is 0.491 e. The molecule has 0 aliphatic heterocycles. The van der Waals surface area contributed by atoms with Gasteiger partial charge in [-0.25, -0.2) is 0 Å². The van der Waals surface area contributed by atoms with Crippen molar-refractivity contribution in [2.75, 3.05) is 0 Å². The average Bonchev–Trinajstić information content (AvgIpc) is 3.11. The normalized spacial score (nSPS) is 11.0. The maximum absolute atomic E-state index is 10.7. The van der Waals surface area contributed by atoms with E-state index in [0.717, 1.165) is 33.6 Å². The Hall–Kier alpha value is -3.15. The summed E-state index contributed by atoms with van der Waals surface area (Å²) in [7, 11) is 0. The number of carbonyl (C=O) groups is 1. The third-order valence-corrected chi connectivity index (χ3v) is 4.37. The molecule has 0 amide bonds. The second-order valence-electron chi connectivity index (χ2n) is 7.11. The molecule has 0 saturated heterocycles. The number of hydrogen-bond donors (Lipinski definition) is 1. The molecule has 0 aliphatic carbocycles. The van der Waals surface area contributed by atoms with Gasteiger partial charge in [-0.2, -0.15) is 4.98 Å². The number of aromatic nitrogens is 2. The Morgan fingerprint density at radius 2 is 1.93 bits per heavy atom. The molecule has 1 aromatic heterocycles. The van der Waals surface area contributed by atoms with E-state index in [2.05, 4.69) is 10.1 Å². The highest BCUT2D eigenvalue weighted by Gasteiger charge is 2.14. The van der Waals surface area contributed by atoms with E-state index in [-0.39, 0.29) is 12.5 Å². The van der Waals surface area contributed by atoms with E-state index in [1.165, 1.54) is 0 Å². The predicted molar refractivity (Wildman–Crippen MR) is 106 cm³/mol. The van der Waals surface area contributed by atoms with Gasteiger partial charge in [0.25, 0.3) is 5.89 Å². The van der Waals surface area contributed by atoms with E-state index >= 15 is 0 Å². The fourth-order valence-corrected chi connectivity index (χ4v) is 3.00. The van der Waals surface area contributed by atoms with Crippen LogP contribution < -0.4 is 4.74 Å². The van der Waals surface area contributed by atoms with Gasteiger partial charge in [-0.3, -0.25) is 4.79 Å². The quantitative estimate of drug-likeness (QED) is 0.632. The van der Waals surface area contributed by atoms with E-state index in [1.807, 2.05) is 64.1 Å². The molecule has 3 rings (SSSR count). The number of nitrogens with zero attached hydrogens (tertiary/aromatic N) is 2. The monoisotopic (exact) mass is 380 g/mol. The van der Waals surface area contributed by atoms with Crippen LogP contribution in [0.4, 0.5) is 0 Å². The minimum atomic E-state index is -0.801. The van der Waals surface area contributed by atoms with Gasteiger partial charge in [-0.05, 0) is 69.0 Å². The van der Waals surface area contributed by atoms with Crippen molar-refractivity contribution in [1.82, 2.24) is 10.1 Å². The van der Waals surface area contributed by atoms with Crippen LogP contribution in [0.2, 0.25) is 0 Å². The highest BCUT2D eigenvalue weighted by molar-refractivity contribution is 5.67. The zero-order chi connectivity index (χ0) is 20.3. The second-order valence-corrected chi connectivity index (χ2v) is 7.11. The fourth-order valence-electron chi connectivity index (χ4n) is 3.00. The Kier molecular flexibility index (Phi) is 5.78. The molecule has 0 radical (unpaired) electrons. The Balaban J connectivity index is 1.82. The van der Waals surface area contributed by atoms with Gasteiger partial charge in [0.1, 0.15) is 5.75 Å². The van der Waals surface area contributed by atoms with Gasteiger partial charge in [0.05, 0.1) is 6.10 Å². The van der Waals surface area contributed by atoms with E-state index in [9.17, 15) is 4.79 Å². The van der Waals surface area contributed by atoms with Crippen molar-refractivity contribution in [3.63, 3.8) is 0 Å². The molecule has 0 bridgehead atoms. The van der Waals surface area contributed by atoms with Crippen LogP contribution in [0.5, 0.6) is 5.75 Å². The highest BCUT2D eigenvalue weighted by atomic mass is 16.5. The average molecular weight is 380 g/mol. The van der Waals surface area contributed by atoms with Gasteiger partial charge in [0.15, 0.2) is 0 Å². The molecule has 0 atom stereocenters. The first-order valence-electron chi connectivity index (χ1n) is 9.26. The van der Waals surface area contributed by atoms with Crippen molar-refractivity contribution >= 4 is 5.97 Å². The Bertz CT molecular complexity index is 992. The number of aryl methyl sites for hydroxylation is 3. The molecule has 1 heterocycles. The van der Waals surface area contributed by atoms with Crippen LogP contribution in [-0.2, 0) is 11.2 Å². The van der Waals surface area contributed by atoms with Crippen molar-refractivity contribution in [2.24, 2.45) is 0 Å². The maximum atomic E-state index is 10.7. The first kappa shape index (κ1) is 19.6. The molecule has 0 spiro atoms. The first-order valence-corrected chi connectivity index (χ1v) is 9.26. The summed E-state index contributed by atoms with van der Waals surface area (Å²) in [6.07, 6.45) is 0.722. The number of hydrogen-bond acceptors (Lipinski definition) is 5. The lowest BCUT2D eigenvalue weighted by molar-refractivity contribution is -0.136. The molecule has 6 heteroatoms. The number of aliphatic carboxylic acids is 1. The van der Waals surface area contributed by atoms with E-state index in [4.69, 9.17) is 14.4 Å². The molecule has 2 aromatic carbocycles. The molecule has 28 heavy (non-hydrogen) atoms. The number of benzene rings is 2. The lowest BCUT2D eigenvalue weighted by atomic mass is 10.0. The van der Waals surface area contributed by atoms with Gasteiger partial charge in [-0.15, -0.1) is 0 Å². The number of carboxylic acids is 1. The lowest BCUT2D eigenvalue weighted by Crippen LogP contribution is -2.06. The fraction of sp³-hybridized carbons (Fsp3) is 0.318. The van der Waals surface area contributed by atoms with Crippen LogP contribution in [-0.4, -0.2) is 27.3 Å². The summed E-state index contributed by atoms with van der Waals surface area (Å²) in [5, 5.41) is 12.9. The third-order valence-electron chi connectivity index (χ3n) is 4.37. The smallest absolute Gasteiger partial charge is 0.303 e. The molecular formula is C22H24N2O4. The molecule has 6 nitrogen and oxygen atoms in total. The Morgan fingerprint density at radius 1 is 1.14 bits per heavy atom. The van der Waals surface area contributed by atoms with Crippen molar-refractivity contribution in [3.8, 4) is 28.6 Å². The second kappa shape index (κ2) is 8.25. The van der Waals surface area contributed by atoms with Crippen molar-refractivity contribution in [2.45, 2.75) is 46.6 Å². The van der Waals surface area contributed by atoms with Gasteiger partial charge >= 0.3 is 5.97 Å². The number of carboxylic acid groups (broad SMARTS) is 1. The Labute approximate surface area is 164 Å². The third kappa shape index (κ3) is 4.57. The molecule has 0 aliphatic rings. The van der Waals surface area contributed by atoms with Crippen LogP contribution in [0, 0.1) is 13.8 Å². The zero-order valence-corrected chi connectivity index (χ0v) is 16.5.